The summed E-state index contributed by atoms with van der Waals surface area (Å²) in [6.45, 7) is 0.947. The number of nitrogens with one attached hydrogen (secondary N) is 1. The summed E-state index contributed by atoms with van der Waals surface area (Å²) in [6.07, 6.45) is 3.29. The molecule has 76 valence electrons. The van der Waals surface area contributed by atoms with Crippen LogP contribution in [-0.2, 0) is 6.42 Å². The molecule has 0 spiro atoms. The molecule has 0 aliphatic carbocycles. The van der Waals surface area contributed by atoms with Gasteiger partial charge in [0.15, 0.2) is 0 Å². The number of aromatic carboxylic acids is 1. The molecule has 1 aromatic rings. The Hall–Kier alpha value is -1.42. The van der Waals surface area contributed by atoms with E-state index in [0.717, 1.165) is 25.1 Å². The summed E-state index contributed by atoms with van der Waals surface area (Å²) >= 11 is 0. The quantitative estimate of drug-likeness (QED) is 0.684. The first-order chi connectivity index (χ1) is 6.74. The average Bonchev–Trinajstić information content (AvgIpc) is 2.19. The highest BCUT2D eigenvalue weighted by atomic mass is 16.4. The minimum atomic E-state index is -0.931. The van der Waals surface area contributed by atoms with Crippen LogP contribution in [0.2, 0.25) is 0 Å². The molecule has 1 rings (SSSR count). The molecule has 2 N–H and O–H groups in total. The van der Waals surface area contributed by atoms with Crippen LogP contribution in [0.3, 0.4) is 0 Å². The van der Waals surface area contributed by atoms with Gasteiger partial charge in [0.25, 0.3) is 0 Å². The molecule has 14 heavy (non-hydrogen) atoms. The van der Waals surface area contributed by atoms with Gasteiger partial charge in [-0.1, -0.05) is 0 Å². The van der Waals surface area contributed by atoms with E-state index in [-0.39, 0.29) is 5.56 Å². The zero-order valence-electron chi connectivity index (χ0n) is 8.16. The van der Waals surface area contributed by atoms with Crippen LogP contribution in [0.1, 0.15) is 22.5 Å². The largest absolute Gasteiger partial charge is 0.478 e. The third-order valence-corrected chi connectivity index (χ3v) is 1.93. The molecule has 0 saturated carbocycles. The predicted molar refractivity (Wildman–Crippen MR) is 53.4 cm³/mol. The molecule has 1 heterocycles. The zero-order chi connectivity index (χ0) is 10.4. The van der Waals surface area contributed by atoms with Crippen molar-refractivity contribution in [1.29, 1.82) is 0 Å². The molecular formula is C10H14N2O2. The number of hydrogen-bond donors (Lipinski definition) is 2. The molecule has 4 nitrogen and oxygen atoms in total. The third-order valence-electron chi connectivity index (χ3n) is 1.93. The van der Waals surface area contributed by atoms with Crippen LogP contribution < -0.4 is 5.32 Å². The van der Waals surface area contributed by atoms with Gasteiger partial charge >= 0.3 is 5.97 Å². The first-order valence-electron chi connectivity index (χ1n) is 4.57. The van der Waals surface area contributed by atoms with Gasteiger partial charge in [0.2, 0.25) is 0 Å². The summed E-state index contributed by atoms with van der Waals surface area (Å²) in [5.41, 5.74) is 1.17. The van der Waals surface area contributed by atoms with Gasteiger partial charge in [-0.15, -0.1) is 0 Å². The second-order valence-corrected chi connectivity index (χ2v) is 3.05. The average molecular weight is 194 g/mol. The molecule has 0 fully saturated rings. The van der Waals surface area contributed by atoms with E-state index in [1.165, 1.54) is 6.20 Å². The van der Waals surface area contributed by atoms with Crippen molar-refractivity contribution in [2.45, 2.75) is 12.8 Å². The molecule has 0 aliphatic rings. The van der Waals surface area contributed by atoms with E-state index in [4.69, 9.17) is 5.11 Å². The highest BCUT2D eigenvalue weighted by Crippen LogP contribution is 2.02. The number of carboxylic acid groups (broad SMARTS) is 1. The van der Waals surface area contributed by atoms with Crippen molar-refractivity contribution in [1.82, 2.24) is 10.3 Å². The van der Waals surface area contributed by atoms with Gasteiger partial charge in [-0.25, -0.2) is 4.79 Å². The first-order valence-corrected chi connectivity index (χ1v) is 4.57. The molecule has 4 heteroatoms. The number of rotatable bonds is 5. The summed E-state index contributed by atoms with van der Waals surface area (Å²) < 4.78 is 0. The fourth-order valence-corrected chi connectivity index (χ4v) is 1.15. The fraction of sp³-hybridized carbons (Fsp3) is 0.400. The van der Waals surface area contributed by atoms with Crippen molar-refractivity contribution in [2.75, 3.05) is 13.6 Å². The van der Waals surface area contributed by atoms with Crippen LogP contribution in [0.5, 0.6) is 0 Å². The molecular weight excluding hydrogens is 180 g/mol. The van der Waals surface area contributed by atoms with Gasteiger partial charge in [0.05, 0.1) is 5.56 Å². The highest BCUT2D eigenvalue weighted by Gasteiger charge is 2.02. The minimum Gasteiger partial charge on any atom is -0.478 e. The van der Waals surface area contributed by atoms with Crippen molar-refractivity contribution in [3.8, 4) is 0 Å². The summed E-state index contributed by atoms with van der Waals surface area (Å²) in [5.74, 6) is -0.931. The zero-order valence-corrected chi connectivity index (χ0v) is 8.16. The van der Waals surface area contributed by atoms with E-state index >= 15 is 0 Å². The maximum atomic E-state index is 10.5. The minimum absolute atomic E-state index is 0.238. The predicted octanol–water partition coefficient (Wildman–Crippen LogP) is 0.932. The number of hydrogen-bond acceptors (Lipinski definition) is 3. The number of carboxylic acids is 1. The number of aryl methyl sites for hydroxylation is 1. The number of aromatic nitrogens is 1. The number of nitrogens with zero attached hydrogens (tertiary/aromatic N) is 1. The van der Waals surface area contributed by atoms with Gasteiger partial charge in [0, 0.05) is 11.9 Å². The van der Waals surface area contributed by atoms with Crippen LogP contribution in [0.25, 0.3) is 0 Å². The summed E-state index contributed by atoms with van der Waals surface area (Å²) in [5, 5.41) is 11.7. The lowest BCUT2D eigenvalue weighted by molar-refractivity contribution is 0.0696. The standard InChI is InChI=1S/C10H14N2O2/c1-11-6-2-3-9-5-4-8(7-12-9)10(13)14/h4-5,7,11H,2-3,6H2,1H3,(H,13,14). The summed E-state index contributed by atoms with van der Waals surface area (Å²) in [6, 6.07) is 3.35. The Labute approximate surface area is 83.0 Å². The molecule has 0 unspecified atom stereocenters. The maximum Gasteiger partial charge on any atom is 0.337 e. The second kappa shape index (κ2) is 5.34. The molecule has 0 amide bonds. The van der Waals surface area contributed by atoms with Crippen LogP contribution in [0.15, 0.2) is 18.3 Å². The van der Waals surface area contributed by atoms with E-state index in [1.54, 1.807) is 12.1 Å². The topological polar surface area (TPSA) is 62.2 Å². The van der Waals surface area contributed by atoms with Crippen LogP contribution in [0.4, 0.5) is 0 Å². The van der Waals surface area contributed by atoms with Crippen molar-refractivity contribution >= 4 is 5.97 Å². The first kappa shape index (κ1) is 10.7. The van der Waals surface area contributed by atoms with E-state index in [1.807, 2.05) is 7.05 Å². The molecule has 0 atom stereocenters. The van der Waals surface area contributed by atoms with Crippen molar-refractivity contribution in [2.24, 2.45) is 0 Å². The lowest BCUT2D eigenvalue weighted by Gasteiger charge is -2.00. The molecule has 0 aliphatic heterocycles. The number of carbonyl (C=O) groups is 1. The number of pyridine rings is 1. The lowest BCUT2D eigenvalue weighted by Crippen LogP contribution is -2.09. The van der Waals surface area contributed by atoms with Gasteiger partial charge < -0.3 is 10.4 Å². The molecule has 0 radical (unpaired) electrons. The van der Waals surface area contributed by atoms with Crippen LogP contribution >= 0.6 is 0 Å². The van der Waals surface area contributed by atoms with E-state index in [0.29, 0.717) is 0 Å². The van der Waals surface area contributed by atoms with E-state index < -0.39 is 5.97 Å². The van der Waals surface area contributed by atoms with Gasteiger partial charge in [0.1, 0.15) is 0 Å². The Bertz CT molecular complexity index is 295. The molecule has 0 bridgehead atoms. The Morgan fingerprint density at radius 1 is 1.57 bits per heavy atom. The Balaban J connectivity index is 2.51. The SMILES string of the molecule is CNCCCc1ccc(C(=O)O)cn1. The second-order valence-electron chi connectivity index (χ2n) is 3.05. The Morgan fingerprint density at radius 2 is 2.36 bits per heavy atom. The lowest BCUT2D eigenvalue weighted by atomic mass is 10.2. The summed E-state index contributed by atoms with van der Waals surface area (Å²) in [4.78, 5) is 14.6. The van der Waals surface area contributed by atoms with E-state index in [2.05, 4.69) is 10.3 Å². The Morgan fingerprint density at radius 3 is 2.86 bits per heavy atom. The third kappa shape index (κ3) is 3.14. The van der Waals surface area contributed by atoms with Crippen molar-refractivity contribution in [3.05, 3.63) is 29.6 Å². The van der Waals surface area contributed by atoms with Crippen LogP contribution in [0, 0.1) is 0 Å². The fourth-order valence-electron chi connectivity index (χ4n) is 1.15. The van der Waals surface area contributed by atoms with Gasteiger partial charge in [-0.2, -0.15) is 0 Å². The van der Waals surface area contributed by atoms with Crippen molar-refractivity contribution in [3.63, 3.8) is 0 Å². The van der Waals surface area contributed by atoms with Gasteiger partial charge in [-0.3, -0.25) is 4.98 Å². The maximum absolute atomic E-state index is 10.5. The van der Waals surface area contributed by atoms with Crippen molar-refractivity contribution < 1.29 is 9.90 Å². The van der Waals surface area contributed by atoms with Crippen LogP contribution in [-0.4, -0.2) is 29.7 Å². The molecule has 1 aromatic heterocycles. The van der Waals surface area contributed by atoms with E-state index in [9.17, 15) is 4.79 Å². The smallest absolute Gasteiger partial charge is 0.337 e. The highest BCUT2D eigenvalue weighted by molar-refractivity contribution is 5.87. The Kier molecular flexibility index (Phi) is 4.07. The molecule has 0 saturated heterocycles. The monoisotopic (exact) mass is 194 g/mol. The normalized spacial score (nSPS) is 10.1. The molecule has 0 aromatic carbocycles. The van der Waals surface area contributed by atoms with Gasteiger partial charge in [-0.05, 0) is 38.6 Å². The summed E-state index contributed by atoms with van der Waals surface area (Å²) in [7, 11) is 1.90.